The lowest BCUT2D eigenvalue weighted by Crippen LogP contribution is -2.18. The Bertz CT molecular complexity index is 789. The van der Waals surface area contributed by atoms with E-state index in [9.17, 15) is 4.79 Å². The molecule has 0 unspecified atom stereocenters. The Morgan fingerprint density at radius 1 is 1.42 bits per heavy atom. The van der Waals surface area contributed by atoms with Gasteiger partial charge in [-0.2, -0.15) is 4.37 Å². The number of rotatable bonds is 3. The zero-order chi connectivity index (χ0) is 13.4. The molecule has 0 aliphatic rings. The van der Waals surface area contributed by atoms with Gasteiger partial charge in [-0.25, -0.2) is 9.97 Å². The number of aromatic nitrogens is 4. The van der Waals surface area contributed by atoms with Crippen LogP contribution in [0.2, 0.25) is 0 Å². The average Bonchev–Trinajstić information content (AvgIpc) is 3.04. The predicted octanol–water partition coefficient (Wildman–Crippen LogP) is 2.56. The molecule has 0 N–H and O–H groups in total. The van der Waals surface area contributed by atoms with Crippen molar-refractivity contribution in [3.05, 3.63) is 27.6 Å². The Hall–Kier alpha value is -1.25. The van der Waals surface area contributed by atoms with Crippen molar-refractivity contribution in [3.63, 3.8) is 0 Å². The lowest BCUT2D eigenvalue weighted by molar-refractivity contribution is 0.727. The fourth-order valence-electron chi connectivity index (χ4n) is 1.57. The molecule has 19 heavy (non-hydrogen) atoms. The zero-order valence-electron chi connectivity index (χ0n) is 10.3. The SMILES string of the molecule is CCc1nsc(Sc2nc3sccc3c(=O)n2C)n1. The Balaban J connectivity index is 2.04. The van der Waals surface area contributed by atoms with Gasteiger partial charge in [-0.05, 0) is 34.7 Å². The van der Waals surface area contributed by atoms with Crippen LogP contribution in [0.3, 0.4) is 0 Å². The maximum Gasteiger partial charge on any atom is 0.262 e. The van der Waals surface area contributed by atoms with E-state index in [1.54, 1.807) is 11.6 Å². The van der Waals surface area contributed by atoms with Crippen LogP contribution in [-0.2, 0) is 13.5 Å². The molecule has 5 nitrogen and oxygen atoms in total. The summed E-state index contributed by atoms with van der Waals surface area (Å²) in [6.07, 6.45) is 0.813. The fraction of sp³-hybridized carbons (Fsp3) is 0.273. The molecule has 3 heterocycles. The van der Waals surface area contributed by atoms with Gasteiger partial charge >= 0.3 is 0 Å². The normalized spacial score (nSPS) is 11.3. The maximum absolute atomic E-state index is 12.1. The van der Waals surface area contributed by atoms with Crippen LogP contribution in [-0.4, -0.2) is 18.9 Å². The molecule has 0 saturated heterocycles. The highest BCUT2D eigenvalue weighted by atomic mass is 32.2. The highest BCUT2D eigenvalue weighted by molar-refractivity contribution is 8.00. The first-order valence-corrected chi connectivity index (χ1v) is 8.10. The summed E-state index contributed by atoms with van der Waals surface area (Å²) in [5, 5.41) is 3.20. The Morgan fingerprint density at radius 2 is 2.26 bits per heavy atom. The first kappa shape index (κ1) is 12.8. The minimum absolute atomic E-state index is 0.0195. The molecule has 0 radical (unpaired) electrons. The lowest BCUT2D eigenvalue weighted by Gasteiger charge is -2.04. The second-order valence-electron chi connectivity index (χ2n) is 3.83. The number of hydrogen-bond acceptors (Lipinski definition) is 7. The van der Waals surface area contributed by atoms with E-state index in [-0.39, 0.29) is 5.56 Å². The molecule has 0 fully saturated rings. The van der Waals surface area contributed by atoms with Crippen molar-refractivity contribution in [1.29, 1.82) is 0 Å². The molecule has 0 atom stereocenters. The number of aryl methyl sites for hydroxylation is 1. The largest absolute Gasteiger partial charge is 0.290 e. The molecule has 3 rings (SSSR count). The fourth-order valence-corrected chi connectivity index (χ4v) is 4.03. The smallest absolute Gasteiger partial charge is 0.262 e. The van der Waals surface area contributed by atoms with Crippen molar-refractivity contribution in [2.75, 3.05) is 0 Å². The predicted molar refractivity (Wildman–Crippen MR) is 78.3 cm³/mol. The summed E-state index contributed by atoms with van der Waals surface area (Å²) >= 11 is 4.20. The van der Waals surface area contributed by atoms with Gasteiger partial charge in [-0.15, -0.1) is 11.3 Å². The van der Waals surface area contributed by atoms with E-state index in [1.807, 2.05) is 18.4 Å². The van der Waals surface area contributed by atoms with Crippen LogP contribution < -0.4 is 5.56 Å². The van der Waals surface area contributed by atoms with Crippen LogP contribution >= 0.6 is 34.6 Å². The van der Waals surface area contributed by atoms with Gasteiger partial charge in [-0.3, -0.25) is 9.36 Å². The molecule has 3 aromatic heterocycles. The average molecular weight is 310 g/mol. The molecular weight excluding hydrogens is 300 g/mol. The van der Waals surface area contributed by atoms with Gasteiger partial charge in [0.25, 0.3) is 5.56 Å². The van der Waals surface area contributed by atoms with E-state index >= 15 is 0 Å². The third-order valence-electron chi connectivity index (χ3n) is 2.61. The molecule has 0 aliphatic heterocycles. The van der Waals surface area contributed by atoms with Crippen molar-refractivity contribution in [3.8, 4) is 0 Å². The van der Waals surface area contributed by atoms with E-state index in [2.05, 4.69) is 14.3 Å². The summed E-state index contributed by atoms with van der Waals surface area (Å²) in [5.41, 5.74) is -0.0195. The van der Waals surface area contributed by atoms with Crippen molar-refractivity contribution < 1.29 is 0 Å². The minimum Gasteiger partial charge on any atom is -0.290 e. The molecule has 98 valence electrons. The number of hydrogen-bond donors (Lipinski definition) is 0. The molecule has 0 saturated carbocycles. The summed E-state index contributed by atoms with van der Waals surface area (Å²) in [6, 6.07) is 1.81. The van der Waals surface area contributed by atoms with Crippen LogP contribution in [0.25, 0.3) is 10.2 Å². The highest BCUT2D eigenvalue weighted by Gasteiger charge is 2.12. The molecule has 3 aromatic rings. The minimum atomic E-state index is -0.0195. The van der Waals surface area contributed by atoms with E-state index in [0.717, 1.165) is 21.4 Å². The first-order valence-electron chi connectivity index (χ1n) is 5.63. The quantitative estimate of drug-likeness (QED) is 0.696. The third-order valence-corrected chi connectivity index (χ3v) is 5.25. The molecule has 8 heteroatoms. The van der Waals surface area contributed by atoms with E-state index in [1.165, 1.54) is 34.6 Å². The van der Waals surface area contributed by atoms with Crippen molar-refractivity contribution >= 4 is 44.8 Å². The van der Waals surface area contributed by atoms with Crippen LogP contribution in [0.5, 0.6) is 0 Å². The lowest BCUT2D eigenvalue weighted by atomic mass is 10.4. The Labute approximate surface area is 121 Å². The molecule has 0 amide bonds. The third kappa shape index (κ3) is 2.31. The van der Waals surface area contributed by atoms with Crippen LogP contribution in [0.1, 0.15) is 12.7 Å². The highest BCUT2D eigenvalue weighted by Crippen LogP contribution is 2.28. The van der Waals surface area contributed by atoms with Crippen molar-refractivity contribution in [2.24, 2.45) is 7.05 Å². The van der Waals surface area contributed by atoms with Gasteiger partial charge in [0.1, 0.15) is 10.7 Å². The van der Waals surface area contributed by atoms with Gasteiger partial charge in [0.15, 0.2) is 9.50 Å². The summed E-state index contributed by atoms with van der Waals surface area (Å²) < 4.78 is 6.61. The molecule has 0 spiro atoms. The van der Waals surface area contributed by atoms with Crippen LogP contribution in [0.4, 0.5) is 0 Å². The maximum atomic E-state index is 12.1. The molecule has 0 aromatic carbocycles. The van der Waals surface area contributed by atoms with Crippen molar-refractivity contribution in [2.45, 2.75) is 22.8 Å². The van der Waals surface area contributed by atoms with Crippen molar-refractivity contribution in [1.82, 2.24) is 18.9 Å². The summed E-state index contributed by atoms with van der Waals surface area (Å²) in [6.45, 7) is 2.02. The second kappa shape index (κ2) is 5.03. The van der Waals surface area contributed by atoms with E-state index < -0.39 is 0 Å². The monoisotopic (exact) mass is 310 g/mol. The summed E-state index contributed by atoms with van der Waals surface area (Å²) in [7, 11) is 1.73. The van der Waals surface area contributed by atoms with E-state index in [4.69, 9.17) is 0 Å². The number of thiophene rings is 1. The van der Waals surface area contributed by atoms with Gasteiger partial charge in [-0.1, -0.05) is 6.92 Å². The molecule has 0 aliphatic carbocycles. The number of nitrogens with zero attached hydrogens (tertiary/aromatic N) is 4. The molecular formula is C11H10N4OS3. The van der Waals surface area contributed by atoms with Crippen LogP contribution in [0, 0.1) is 0 Å². The molecule has 0 bridgehead atoms. The van der Waals surface area contributed by atoms with Gasteiger partial charge in [0, 0.05) is 13.5 Å². The first-order chi connectivity index (χ1) is 9.19. The standard InChI is InChI=1S/C11H10N4OS3/c1-3-7-12-11(19-14-7)18-10-13-8-6(4-5-17-8)9(16)15(10)2/h4-5H,3H2,1-2H3. The Kier molecular flexibility index (Phi) is 3.38. The Morgan fingerprint density at radius 3 is 3.00 bits per heavy atom. The topological polar surface area (TPSA) is 60.7 Å². The van der Waals surface area contributed by atoms with Gasteiger partial charge in [0.2, 0.25) is 0 Å². The van der Waals surface area contributed by atoms with Gasteiger partial charge in [0.05, 0.1) is 5.39 Å². The summed E-state index contributed by atoms with van der Waals surface area (Å²) in [5.74, 6) is 0.828. The summed E-state index contributed by atoms with van der Waals surface area (Å²) in [4.78, 5) is 21.8. The zero-order valence-corrected chi connectivity index (χ0v) is 12.7. The van der Waals surface area contributed by atoms with Gasteiger partial charge < -0.3 is 0 Å². The second-order valence-corrected chi connectivity index (χ2v) is 6.69. The van der Waals surface area contributed by atoms with Crippen LogP contribution in [0.15, 0.2) is 25.7 Å². The number of fused-ring (bicyclic) bond motifs is 1. The van der Waals surface area contributed by atoms with E-state index in [0.29, 0.717) is 10.5 Å².